The fraction of sp³-hybridized carbons (Fsp3) is 0.429. The minimum Gasteiger partial charge on any atom is -0.504 e. The summed E-state index contributed by atoms with van der Waals surface area (Å²) < 4.78 is 17.6. The first kappa shape index (κ1) is 25.7. The van der Waals surface area contributed by atoms with E-state index >= 15 is 0 Å². The number of fused-ring (bicyclic) bond motifs is 9. The van der Waals surface area contributed by atoms with Crippen LogP contribution in [0.4, 0.5) is 0 Å². The predicted octanol–water partition coefficient (Wildman–Crippen LogP) is 3.16. The molecular weight excluding hydrogens is 458 g/mol. The lowest BCUT2D eigenvalue weighted by molar-refractivity contribution is 0.0303. The SMILES string of the molecule is C#C.C=CCOc1cc2c(c3c1CC1[C@@H]4N[C@@H](Cc5ccc(O)c(O)c54)CN1C3CN)OCO2.CC. The van der Waals surface area contributed by atoms with Crippen molar-refractivity contribution >= 4 is 0 Å². The van der Waals surface area contributed by atoms with Crippen LogP contribution in [0.25, 0.3) is 0 Å². The molecule has 2 unspecified atom stereocenters. The molecule has 6 rings (SSSR count). The monoisotopic (exact) mass is 493 g/mol. The van der Waals surface area contributed by atoms with Crippen LogP contribution < -0.4 is 25.3 Å². The minimum absolute atomic E-state index is 0.0329. The second kappa shape index (κ2) is 10.7. The number of hydrogen-bond donors (Lipinski definition) is 4. The molecule has 2 aromatic rings. The van der Waals surface area contributed by atoms with E-state index in [0.29, 0.717) is 25.3 Å². The lowest BCUT2D eigenvalue weighted by Gasteiger charge is -2.54. The molecule has 8 nitrogen and oxygen atoms in total. The van der Waals surface area contributed by atoms with Crippen molar-refractivity contribution in [2.24, 2.45) is 5.73 Å². The number of piperazine rings is 1. The summed E-state index contributed by atoms with van der Waals surface area (Å²) in [4.78, 5) is 2.43. The normalized spacial score (nSPS) is 24.5. The van der Waals surface area contributed by atoms with Crippen molar-refractivity contribution in [2.45, 2.75) is 50.9 Å². The van der Waals surface area contributed by atoms with Gasteiger partial charge in [-0.1, -0.05) is 32.6 Å². The Morgan fingerprint density at radius 3 is 2.72 bits per heavy atom. The molecule has 2 bridgehead atoms. The van der Waals surface area contributed by atoms with Gasteiger partial charge >= 0.3 is 0 Å². The zero-order valence-electron chi connectivity index (χ0n) is 20.9. The third kappa shape index (κ3) is 4.03. The van der Waals surface area contributed by atoms with Gasteiger partial charge in [0.15, 0.2) is 23.0 Å². The van der Waals surface area contributed by atoms with E-state index in [1.165, 1.54) is 0 Å². The van der Waals surface area contributed by atoms with Crippen LogP contribution in [-0.4, -0.2) is 53.7 Å². The molecule has 8 heteroatoms. The summed E-state index contributed by atoms with van der Waals surface area (Å²) >= 11 is 0. The molecule has 2 aromatic carbocycles. The van der Waals surface area contributed by atoms with Gasteiger partial charge in [0.25, 0.3) is 0 Å². The van der Waals surface area contributed by atoms with E-state index in [9.17, 15) is 10.2 Å². The number of phenols is 2. The summed E-state index contributed by atoms with van der Waals surface area (Å²) in [6.45, 7) is 9.59. The third-order valence-corrected chi connectivity index (χ3v) is 7.22. The van der Waals surface area contributed by atoms with E-state index in [1.807, 2.05) is 26.0 Å². The fourth-order valence-corrected chi connectivity index (χ4v) is 5.97. The number of benzene rings is 2. The van der Waals surface area contributed by atoms with E-state index in [-0.39, 0.29) is 42.5 Å². The van der Waals surface area contributed by atoms with Gasteiger partial charge in [0.2, 0.25) is 6.79 Å². The first-order valence-electron chi connectivity index (χ1n) is 12.4. The zero-order chi connectivity index (χ0) is 26.0. The second-order valence-corrected chi connectivity index (χ2v) is 8.87. The Labute approximate surface area is 212 Å². The smallest absolute Gasteiger partial charge is 0.231 e. The van der Waals surface area contributed by atoms with Crippen LogP contribution in [0.1, 0.15) is 48.2 Å². The zero-order valence-corrected chi connectivity index (χ0v) is 20.9. The highest BCUT2D eigenvalue weighted by Crippen LogP contribution is 2.53. The summed E-state index contributed by atoms with van der Waals surface area (Å²) in [6.07, 6.45) is 11.2. The Morgan fingerprint density at radius 2 is 2.00 bits per heavy atom. The fourth-order valence-electron chi connectivity index (χ4n) is 5.97. The Morgan fingerprint density at radius 1 is 1.22 bits per heavy atom. The molecule has 4 heterocycles. The Bertz CT molecular complexity index is 1150. The topological polar surface area (TPSA) is 109 Å². The van der Waals surface area contributed by atoms with Gasteiger partial charge in [-0.05, 0) is 24.5 Å². The Balaban J connectivity index is 0.000000726. The van der Waals surface area contributed by atoms with Crippen LogP contribution in [0.5, 0.6) is 28.7 Å². The molecule has 0 aromatic heterocycles. The van der Waals surface area contributed by atoms with Crippen LogP contribution in [0.3, 0.4) is 0 Å². The summed E-state index contributed by atoms with van der Waals surface area (Å²) in [5, 5.41) is 24.7. The first-order valence-corrected chi connectivity index (χ1v) is 12.4. The van der Waals surface area contributed by atoms with Gasteiger partial charge in [-0.2, -0.15) is 0 Å². The molecule has 0 aliphatic carbocycles. The van der Waals surface area contributed by atoms with E-state index in [2.05, 4.69) is 29.6 Å². The molecule has 36 heavy (non-hydrogen) atoms. The summed E-state index contributed by atoms with van der Waals surface area (Å²) in [6, 6.07) is 5.45. The standard InChI is InChI=1S/C24H27N3O5.C2H6.C2H2/c1-2-5-30-18-8-19-24(32-11-31-19)21-14(18)7-15-22-20-12(3-4-17(28)23(20)29)6-13(26-22)10-27(15)16(21)9-25;2*1-2/h2-4,8,13,15-16,22,26,28-29H,1,5-7,9-11,25H2;1-2H3;1-2H/t13-,15?,16?,22-;;/m0../s1. The quantitative estimate of drug-likeness (QED) is 0.292. The molecule has 5 N–H and O–H groups in total. The number of ether oxygens (including phenoxy) is 3. The molecule has 4 aliphatic heterocycles. The van der Waals surface area contributed by atoms with Gasteiger partial charge in [-0.3, -0.25) is 4.90 Å². The van der Waals surface area contributed by atoms with Crippen molar-refractivity contribution < 1.29 is 24.4 Å². The molecule has 4 aliphatic rings. The van der Waals surface area contributed by atoms with Crippen LogP contribution >= 0.6 is 0 Å². The largest absolute Gasteiger partial charge is 0.504 e. The number of rotatable bonds is 4. The molecule has 1 saturated heterocycles. The van der Waals surface area contributed by atoms with Crippen molar-refractivity contribution in [3.63, 3.8) is 0 Å². The van der Waals surface area contributed by atoms with Gasteiger partial charge in [0.05, 0.1) is 12.1 Å². The van der Waals surface area contributed by atoms with E-state index in [1.54, 1.807) is 12.1 Å². The van der Waals surface area contributed by atoms with Crippen LogP contribution in [0.15, 0.2) is 30.9 Å². The maximum absolute atomic E-state index is 10.8. The Kier molecular flexibility index (Phi) is 7.65. The maximum atomic E-state index is 10.8. The predicted molar refractivity (Wildman–Crippen MR) is 139 cm³/mol. The highest BCUT2D eigenvalue weighted by atomic mass is 16.7. The van der Waals surface area contributed by atoms with E-state index in [0.717, 1.165) is 46.7 Å². The number of nitrogens with zero attached hydrogens (tertiary/aromatic N) is 1. The third-order valence-electron chi connectivity index (χ3n) is 7.22. The molecule has 0 amide bonds. The maximum Gasteiger partial charge on any atom is 0.231 e. The number of nitrogens with one attached hydrogen (secondary N) is 1. The van der Waals surface area contributed by atoms with Crippen molar-refractivity contribution in [3.05, 3.63) is 53.1 Å². The number of aromatic hydroxyl groups is 2. The minimum atomic E-state index is -0.135. The van der Waals surface area contributed by atoms with Crippen molar-refractivity contribution in [1.82, 2.24) is 10.2 Å². The average molecular weight is 494 g/mol. The van der Waals surface area contributed by atoms with Crippen LogP contribution in [0.2, 0.25) is 0 Å². The molecule has 4 atom stereocenters. The first-order chi connectivity index (χ1) is 17.6. The molecular formula is C28H35N3O5. The van der Waals surface area contributed by atoms with Crippen molar-refractivity contribution in [2.75, 3.05) is 26.5 Å². The highest BCUT2D eigenvalue weighted by molar-refractivity contribution is 5.62. The van der Waals surface area contributed by atoms with Gasteiger partial charge in [0.1, 0.15) is 12.4 Å². The molecule has 192 valence electrons. The number of hydrogen-bond acceptors (Lipinski definition) is 8. The summed E-state index contributed by atoms with van der Waals surface area (Å²) in [5.41, 5.74) is 10.3. The lowest BCUT2D eigenvalue weighted by atomic mass is 9.75. The average Bonchev–Trinajstić information content (AvgIpc) is 3.39. The van der Waals surface area contributed by atoms with Crippen LogP contribution in [0, 0.1) is 12.8 Å². The van der Waals surface area contributed by atoms with Crippen molar-refractivity contribution in [3.8, 4) is 41.6 Å². The molecule has 1 fully saturated rings. The van der Waals surface area contributed by atoms with E-state index < -0.39 is 0 Å². The van der Waals surface area contributed by atoms with Crippen LogP contribution in [-0.2, 0) is 12.8 Å². The molecule has 0 spiro atoms. The number of terminal acetylenes is 1. The van der Waals surface area contributed by atoms with Gasteiger partial charge < -0.3 is 35.5 Å². The van der Waals surface area contributed by atoms with Gasteiger partial charge in [-0.25, -0.2) is 0 Å². The summed E-state index contributed by atoms with van der Waals surface area (Å²) in [7, 11) is 0. The number of nitrogens with two attached hydrogens (primary N) is 1. The second-order valence-electron chi connectivity index (χ2n) is 8.87. The highest BCUT2D eigenvalue weighted by Gasteiger charge is 2.49. The van der Waals surface area contributed by atoms with E-state index in [4.69, 9.17) is 19.9 Å². The lowest BCUT2D eigenvalue weighted by Crippen LogP contribution is -2.64. The Hall–Kier alpha value is -3.38. The van der Waals surface area contributed by atoms with Gasteiger partial charge in [-0.15, -0.1) is 12.8 Å². The van der Waals surface area contributed by atoms with Crippen molar-refractivity contribution in [1.29, 1.82) is 0 Å². The van der Waals surface area contributed by atoms with Gasteiger partial charge in [0, 0.05) is 47.9 Å². The molecule has 0 radical (unpaired) electrons. The molecule has 0 saturated carbocycles. The number of phenolic OH excluding ortho intramolecular Hbond substituents is 2. The summed E-state index contributed by atoms with van der Waals surface area (Å²) in [5.74, 6) is 2.06.